The normalized spacial score (nSPS) is 24.3. The SMILES string of the molecule is CC(C)CCCN1C(=O)C(C)NC(=O)C1CC(C)C. The molecule has 1 aliphatic heterocycles. The third kappa shape index (κ3) is 4.51. The lowest BCUT2D eigenvalue weighted by Gasteiger charge is -2.38. The van der Waals surface area contributed by atoms with E-state index in [1.165, 1.54) is 0 Å². The molecule has 1 N–H and O–H groups in total. The zero-order chi connectivity index (χ0) is 14.6. The molecule has 0 spiro atoms. The number of nitrogens with one attached hydrogen (secondary N) is 1. The van der Waals surface area contributed by atoms with E-state index in [-0.39, 0.29) is 23.9 Å². The van der Waals surface area contributed by atoms with Gasteiger partial charge in [0.1, 0.15) is 12.1 Å². The summed E-state index contributed by atoms with van der Waals surface area (Å²) in [6, 6.07) is -0.661. The van der Waals surface area contributed by atoms with Crippen LogP contribution in [-0.4, -0.2) is 35.3 Å². The van der Waals surface area contributed by atoms with Crippen molar-refractivity contribution in [3.8, 4) is 0 Å². The Morgan fingerprint density at radius 1 is 1.16 bits per heavy atom. The van der Waals surface area contributed by atoms with Crippen LogP contribution < -0.4 is 5.32 Å². The van der Waals surface area contributed by atoms with Gasteiger partial charge in [0.15, 0.2) is 0 Å². The number of hydrogen-bond acceptors (Lipinski definition) is 2. The Kier molecular flexibility index (Phi) is 5.83. The minimum Gasteiger partial charge on any atom is -0.343 e. The van der Waals surface area contributed by atoms with Crippen molar-refractivity contribution >= 4 is 11.8 Å². The average molecular weight is 268 g/mol. The van der Waals surface area contributed by atoms with Crippen LogP contribution in [0.4, 0.5) is 0 Å². The zero-order valence-corrected chi connectivity index (χ0v) is 12.9. The summed E-state index contributed by atoms with van der Waals surface area (Å²) in [6.45, 7) is 11.0. The van der Waals surface area contributed by atoms with Crippen LogP contribution in [0.3, 0.4) is 0 Å². The summed E-state index contributed by atoms with van der Waals surface area (Å²) >= 11 is 0. The summed E-state index contributed by atoms with van der Waals surface area (Å²) in [5, 5.41) is 2.78. The predicted molar refractivity (Wildman–Crippen MR) is 76.6 cm³/mol. The fraction of sp³-hybridized carbons (Fsp3) is 0.867. The van der Waals surface area contributed by atoms with Crippen LogP contribution in [0.15, 0.2) is 0 Å². The Morgan fingerprint density at radius 3 is 2.32 bits per heavy atom. The standard InChI is InChI=1S/C15H28N2O2/c1-10(2)7-6-8-17-13(9-11(3)4)14(18)16-12(5)15(17)19/h10-13H,6-9H2,1-5H3,(H,16,18). The molecule has 1 fully saturated rings. The van der Waals surface area contributed by atoms with Gasteiger partial charge in [-0.3, -0.25) is 9.59 Å². The van der Waals surface area contributed by atoms with Gasteiger partial charge in [0.2, 0.25) is 11.8 Å². The van der Waals surface area contributed by atoms with Gasteiger partial charge in [-0.2, -0.15) is 0 Å². The van der Waals surface area contributed by atoms with Crippen LogP contribution in [0.1, 0.15) is 53.9 Å². The highest BCUT2D eigenvalue weighted by Gasteiger charge is 2.38. The van der Waals surface area contributed by atoms with Gasteiger partial charge in [-0.1, -0.05) is 27.7 Å². The monoisotopic (exact) mass is 268 g/mol. The van der Waals surface area contributed by atoms with Crippen molar-refractivity contribution in [1.29, 1.82) is 0 Å². The highest BCUT2D eigenvalue weighted by Crippen LogP contribution is 2.18. The lowest BCUT2D eigenvalue weighted by Crippen LogP contribution is -2.62. The van der Waals surface area contributed by atoms with Crippen molar-refractivity contribution in [2.45, 2.75) is 66.0 Å². The minimum atomic E-state index is -0.380. The molecule has 0 bridgehead atoms. The second-order valence-electron chi connectivity index (χ2n) is 6.44. The second kappa shape index (κ2) is 6.92. The summed E-state index contributed by atoms with van der Waals surface area (Å²) in [7, 11) is 0. The first kappa shape index (κ1) is 16.0. The molecule has 1 rings (SSSR count). The largest absolute Gasteiger partial charge is 0.343 e. The van der Waals surface area contributed by atoms with Crippen molar-refractivity contribution in [2.75, 3.05) is 6.54 Å². The summed E-state index contributed by atoms with van der Waals surface area (Å²) in [4.78, 5) is 26.1. The first-order valence-electron chi connectivity index (χ1n) is 7.43. The van der Waals surface area contributed by atoms with Gasteiger partial charge in [-0.05, 0) is 38.0 Å². The number of hydrogen-bond donors (Lipinski definition) is 1. The lowest BCUT2D eigenvalue weighted by molar-refractivity contribution is -0.149. The number of amides is 2. The van der Waals surface area contributed by atoms with E-state index in [2.05, 4.69) is 33.0 Å². The van der Waals surface area contributed by atoms with E-state index >= 15 is 0 Å². The van der Waals surface area contributed by atoms with Crippen molar-refractivity contribution in [2.24, 2.45) is 11.8 Å². The fourth-order valence-corrected chi connectivity index (χ4v) is 2.53. The Labute approximate surface area is 116 Å². The molecular formula is C15H28N2O2. The molecule has 4 nitrogen and oxygen atoms in total. The highest BCUT2D eigenvalue weighted by atomic mass is 16.2. The van der Waals surface area contributed by atoms with E-state index in [4.69, 9.17) is 0 Å². The molecule has 4 heteroatoms. The molecule has 2 atom stereocenters. The molecule has 1 saturated heterocycles. The molecule has 1 heterocycles. The summed E-state index contributed by atoms with van der Waals surface area (Å²) in [6.07, 6.45) is 2.80. The van der Waals surface area contributed by atoms with Crippen molar-refractivity contribution in [3.05, 3.63) is 0 Å². The number of rotatable bonds is 6. The van der Waals surface area contributed by atoms with Crippen molar-refractivity contribution in [1.82, 2.24) is 10.2 Å². The van der Waals surface area contributed by atoms with Gasteiger partial charge in [0.25, 0.3) is 0 Å². The van der Waals surface area contributed by atoms with Crippen LogP contribution in [0, 0.1) is 11.8 Å². The van der Waals surface area contributed by atoms with Crippen molar-refractivity contribution < 1.29 is 9.59 Å². The molecule has 0 aromatic rings. The average Bonchev–Trinajstić information content (AvgIpc) is 2.29. The molecule has 19 heavy (non-hydrogen) atoms. The van der Waals surface area contributed by atoms with Crippen LogP contribution in [-0.2, 0) is 9.59 Å². The highest BCUT2D eigenvalue weighted by molar-refractivity contribution is 5.96. The van der Waals surface area contributed by atoms with E-state index in [0.717, 1.165) is 19.3 Å². The summed E-state index contributed by atoms with van der Waals surface area (Å²) < 4.78 is 0. The van der Waals surface area contributed by atoms with E-state index < -0.39 is 0 Å². The molecule has 0 aromatic carbocycles. The van der Waals surface area contributed by atoms with Crippen LogP contribution in [0.2, 0.25) is 0 Å². The molecule has 0 saturated carbocycles. The summed E-state index contributed by atoms with van der Waals surface area (Å²) in [5.74, 6) is 1.11. The lowest BCUT2D eigenvalue weighted by atomic mass is 9.97. The minimum absolute atomic E-state index is 0.00495. The molecule has 2 amide bonds. The molecule has 2 unspecified atom stereocenters. The van der Waals surface area contributed by atoms with Gasteiger partial charge < -0.3 is 10.2 Å². The van der Waals surface area contributed by atoms with E-state index in [1.54, 1.807) is 11.8 Å². The quantitative estimate of drug-likeness (QED) is 0.802. The summed E-state index contributed by atoms with van der Waals surface area (Å²) in [5.41, 5.74) is 0. The Balaban J connectivity index is 2.71. The molecule has 110 valence electrons. The van der Waals surface area contributed by atoms with E-state index in [0.29, 0.717) is 18.4 Å². The fourth-order valence-electron chi connectivity index (χ4n) is 2.53. The zero-order valence-electron chi connectivity index (χ0n) is 12.9. The molecule has 1 aliphatic rings. The molecular weight excluding hydrogens is 240 g/mol. The first-order valence-corrected chi connectivity index (χ1v) is 7.43. The molecule has 0 aromatic heterocycles. The van der Waals surface area contributed by atoms with Gasteiger partial charge >= 0.3 is 0 Å². The maximum atomic E-state index is 12.2. The van der Waals surface area contributed by atoms with Crippen molar-refractivity contribution in [3.63, 3.8) is 0 Å². The molecule has 0 radical (unpaired) electrons. The number of carbonyl (C=O) groups excluding carboxylic acids is 2. The van der Waals surface area contributed by atoms with Crippen LogP contribution in [0.5, 0.6) is 0 Å². The third-order valence-electron chi connectivity index (χ3n) is 3.57. The Morgan fingerprint density at radius 2 is 1.79 bits per heavy atom. The van der Waals surface area contributed by atoms with Crippen LogP contribution in [0.25, 0.3) is 0 Å². The Hall–Kier alpha value is -1.06. The molecule has 0 aliphatic carbocycles. The maximum Gasteiger partial charge on any atom is 0.245 e. The van der Waals surface area contributed by atoms with Gasteiger partial charge in [-0.25, -0.2) is 0 Å². The van der Waals surface area contributed by atoms with E-state index in [9.17, 15) is 9.59 Å². The van der Waals surface area contributed by atoms with E-state index in [1.807, 2.05) is 0 Å². The third-order valence-corrected chi connectivity index (χ3v) is 3.57. The number of nitrogens with zero attached hydrogens (tertiary/aromatic N) is 1. The van der Waals surface area contributed by atoms with Gasteiger partial charge in [-0.15, -0.1) is 0 Å². The van der Waals surface area contributed by atoms with Gasteiger partial charge in [0, 0.05) is 6.54 Å². The van der Waals surface area contributed by atoms with Gasteiger partial charge in [0.05, 0.1) is 0 Å². The second-order valence-corrected chi connectivity index (χ2v) is 6.44. The number of piperazine rings is 1. The smallest absolute Gasteiger partial charge is 0.245 e. The first-order chi connectivity index (χ1) is 8.82. The van der Waals surface area contributed by atoms with Crippen LogP contribution >= 0.6 is 0 Å². The predicted octanol–water partition coefficient (Wildman–Crippen LogP) is 2.18. The number of carbonyl (C=O) groups is 2. The Bertz CT molecular complexity index is 326. The topological polar surface area (TPSA) is 49.4 Å². The maximum absolute atomic E-state index is 12.2.